The number of pyridine rings is 1. The van der Waals surface area contributed by atoms with Crippen LogP contribution in [0.15, 0.2) is 67.0 Å². The van der Waals surface area contributed by atoms with Gasteiger partial charge in [0.05, 0.1) is 40.0 Å². The number of aromatic nitrogens is 3. The summed E-state index contributed by atoms with van der Waals surface area (Å²) in [5.41, 5.74) is 4.21. The van der Waals surface area contributed by atoms with Crippen LogP contribution in [-0.2, 0) is 40.8 Å². The van der Waals surface area contributed by atoms with Crippen LogP contribution in [0.1, 0.15) is 28.8 Å². The number of benzene rings is 2. The van der Waals surface area contributed by atoms with Crippen LogP contribution in [0.3, 0.4) is 0 Å². The fraction of sp³-hybridized carbons (Fsp3) is 0.273. The predicted molar refractivity (Wildman–Crippen MR) is 165 cm³/mol. The Labute approximate surface area is 253 Å². The minimum Gasteiger partial charge on any atom is -0.453 e. The van der Waals surface area contributed by atoms with Crippen molar-refractivity contribution in [1.29, 1.82) is 0 Å². The van der Waals surface area contributed by atoms with E-state index >= 15 is 4.39 Å². The summed E-state index contributed by atoms with van der Waals surface area (Å²) in [6.45, 7) is 4.01. The van der Waals surface area contributed by atoms with Crippen LogP contribution in [0.4, 0.5) is 4.39 Å². The van der Waals surface area contributed by atoms with Gasteiger partial charge in [-0.25, -0.2) is 9.37 Å². The first-order chi connectivity index (χ1) is 20.8. The van der Waals surface area contributed by atoms with Gasteiger partial charge in [0.1, 0.15) is 23.1 Å². The second-order valence-corrected chi connectivity index (χ2v) is 11.4. The van der Waals surface area contributed by atoms with Gasteiger partial charge in [-0.15, -0.1) is 11.3 Å². The molecule has 0 bridgehead atoms. The Bertz CT molecular complexity index is 1750. The molecule has 2 aromatic carbocycles. The number of nitrogens with one attached hydrogen (secondary N) is 1. The van der Waals surface area contributed by atoms with E-state index in [1.807, 2.05) is 55.1 Å². The number of aryl methyl sites for hydroxylation is 1. The van der Waals surface area contributed by atoms with Crippen LogP contribution in [0, 0.1) is 12.7 Å². The topological polar surface area (TPSA) is 95.3 Å². The normalized spacial score (nSPS) is 11.3. The lowest BCUT2D eigenvalue weighted by Crippen LogP contribution is -2.20. The fourth-order valence-corrected chi connectivity index (χ4v) is 5.79. The smallest absolute Gasteiger partial charge is 0.166 e. The molecule has 0 amide bonds. The van der Waals surface area contributed by atoms with Gasteiger partial charge in [0, 0.05) is 52.4 Å². The molecule has 43 heavy (non-hydrogen) atoms. The molecule has 0 atom stereocenters. The number of rotatable bonds is 14. The number of methoxy groups -OCH3 is 1. The van der Waals surface area contributed by atoms with Gasteiger partial charge in [0.15, 0.2) is 11.6 Å². The number of carbonyl (C=O) groups is 2. The molecule has 0 spiro atoms. The Balaban J connectivity index is 1.24. The summed E-state index contributed by atoms with van der Waals surface area (Å²) in [5.74, 6) is 0.307. The first kappa shape index (κ1) is 30.2. The van der Waals surface area contributed by atoms with E-state index in [0.29, 0.717) is 24.5 Å². The molecule has 0 fully saturated rings. The number of carbonyl (C=O) groups excluding carboxylic acids is 2. The highest BCUT2D eigenvalue weighted by molar-refractivity contribution is 7.22. The number of halogens is 1. The maximum absolute atomic E-state index is 15.1. The van der Waals surface area contributed by atoms with Crippen molar-refractivity contribution < 1.29 is 23.5 Å². The Morgan fingerprint density at radius 2 is 1.72 bits per heavy atom. The number of ketones is 2. The average Bonchev–Trinajstić information content (AvgIpc) is 3.57. The standard InChI is InChI=1S/C33H33FN4O4S/c1-21-4-6-22(7-5-21)14-25(39)17-26(40)15-23-8-9-29(27(34)16-23)42-30-10-11-36-28-18-31(43-32(28)30)33-37-20-24(38(33)2)19-35-12-13-41-3/h4-11,16,18,20,35H,12-15,17,19H2,1-3H3. The first-order valence-corrected chi connectivity index (χ1v) is 14.8. The molecular formula is C33H33FN4O4S. The van der Waals surface area contributed by atoms with E-state index in [-0.39, 0.29) is 36.6 Å². The second-order valence-electron chi connectivity index (χ2n) is 10.4. The number of thiophene rings is 1. The number of nitrogens with zero attached hydrogens (tertiary/aromatic N) is 3. The SMILES string of the molecule is COCCNCc1cnc(-c2cc3nccc(Oc4ccc(CC(=O)CC(=O)Cc5ccc(C)cc5)cc4F)c3s2)n1C. The zero-order chi connectivity index (χ0) is 30.3. The molecule has 3 aromatic heterocycles. The van der Waals surface area contributed by atoms with Crippen LogP contribution in [-0.4, -0.2) is 46.4 Å². The van der Waals surface area contributed by atoms with Crippen molar-refractivity contribution in [2.24, 2.45) is 7.05 Å². The van der Waals surface area contributed by atoms with Gasteiger partial charge < -0.3 is 19.4 Å². The van der Waals surface area contributed by atoms with E-state index < -0.39 is 5.82 Å². The Kier molecular flexibility index (Phi) is 9.71. The molecule has 5 rings (SSSR count). The maximum atomic E-state index is 15.1. The summed E-state index contributed by atoms with van der Waals surface area (Å²) in [6.07, 6.45) is 3.44. The maximum Gasteiger partial charge on any atom is 0.166 e. The Morgan fingerprint density at radius 3 is 2.47 bits per heavy atom. The molecule has 0 aliphatic heterocycles. The van der Waals surface area contributed by atoms with E-state index in [2.05, 4.69) is 15.3 Å². The first-order valence-electron chi connectivity index (χ1n) is 13.9. The van der Waals surface area contributed by atoms with Crippen LogP contribution in [0.2, 0.25) is 0 Å². The van der Waals surface area contributed by atoms with Crippen LogP contribution in [0.5, 0.6) is 11.5 Å². The quantitative estimate of drug-likeness (QED) is 0.124. The zero-order valence-electron chi connectivity index (χ0n) is 24.4. The van der Waals surface area contributed by atoms with Gasteiger partial charge in [-0.2, -0.15) is 0 Å². The van der Waals surface area contributed by atoms with Gasteiger partial charge >= 0.3 is 0 Å². The second kappa shape index (κ2) is 13.8. The van der Waals surface area contributed by atoms with E-state index in [4.69, 9.17) is 9.47 Å². The summed E-state index contributed by atoms with van der Waals surface area (Å²) in [6, 6.07) is 15.7. The lowest BCUT2D eigenvalue weighted by molar-refractivity contribution is -0.126. The highest BCUT2D eigenvalue weighted by Gasteiger charge is 2.17. The third kappa shape index (κ3) is 7.59. The molecule has 0 aliphatic carbocycles. The molecule has 1 N–H and O–H groups in total. The van der Waals surface area contributed by atoms with Crippen molar-refractivity contribution in [2.75, 3.05) is 20.3 Å². The summed E-state index contributed by atoms with van der Waals surface area (Å²) < 4.78 is 29.0. The van der Waals surface area contributed by atoms with Crippen LogP contribution in [0.25, 0.3) is 20.9 Å². The molecule has 10 heteroatoms. The van der Waals surface area contributed by atoms with Gasteiger partial charge in [0.25, 0.3) is 0 Å². The summed E-state index contributed by atoms with van der Waals surface area (Å²) >= 11 is 1.47. The van der Waals surface area contributed by atoms with Crippen molar-refractivity contribution in [3.05, 3.63) is 95.2 Å². The highest BCUT2D eigenvalue weighted by Crippen LogP contribution is 2.39. The van der Waals surface area contributed by atoms with E-state index in [1.54, 1.807) is 25.4 Å². The van der Waals surface area contributed by atoms with Gasteiger partial charge in [-0.1, -0.05) is 35.9 Å². The summed E-state index contributed by atoms with van der Waals surface area (Å²) in [7, 11) is 3.64. The molecule has 0 saturated carbocycles. The number of imidazole rings is 1. The van der Waals surface area contributed by atoms with Gasteiger partial charge in [0.2, 0.25) is 0 Å². The third-order valence-electron chi connectivity index (χ3n) is 7.00. The highest BCUT2D eigenvalue weighted by atomic mass is 32.1. The lowest BCUT2D eigenvalue weighted by Gasteiger charge is -2.09. The van der Waals surface area contributed by atoms with Crippen molar-refractivity contribution in [1.82, 2.24) is 19.9 Å². The number of hydrogen-bond acceptors (Lipinski definition) is 8. The van der Waals surface area contributed by atoms with Crippen molar-refractivity contribution in [3.8, 4) is 22.2 Å². The minimum absolute atomic E-state index is 0.0296. The van der Waals surface area contributed by atoms with Crippen LogP contribution >= 0.6 is 11.3 Å². The number of Topliss-reactive ketones (excluding diaryl/α,β-unsaturated/α-hetero) is 2. The largest absolute Gasteiger partial charge is 0.453 e. The zero-order valence-corrected chi connectivity index (χ0v) is 25.2. The van der Waals surface area contributed by atoms with Crippen molar-refractivity contribution in [3.63, 3.8) is 0 Å². The fourth-order valence-electron chi connectivity index (χ4n) is 4.70. The molecular weight excluding hydrogens is 567 g/mol. The predicted octanol–water partition coefficient (Wildman–Crippen LogP) is 5.99. The Hall–Kier alpha value is -4.25. The lowest BCUT2D eigenvalue weighted by atomic mass is 10.0. The number of fused-ring (bicyclic) bond motifs is 1. The molecule has 5 aromatic rings. The molecule has 222 valence electrons. The van der Waals surface area contributed by atoms with Gasteiger partial charge in [-0.05, 0) is 36.2 Å². The van der Waals surface area contributed by atoms with Crippen molar-refractivity contribution in [2.45, 2.75) is 32.7 Å². The Morgan fingerprint density at radius 1 is 0.977 bits per heavy atom. The third-order valence-corrected chi connectivity index (χ3v) is 8.14. The van der Waals surface area contributed by atoms with Crippen LogP contribution < -0.4 is 10.1 Å². The average molecular weight is 601 g/mol. The molecule has 0 aliphatic rings. The molecule has 0 unspecified atom stereocenters. The van der Waals surface area contributed by atoms with E-state index in [0.717, 1.165) is 44.3 Å². The van der Waals surface area contributed by atoms with E-state index in [1.165, 1.54) is 23.5 Å². The summed E-state index contributed by atoms with van der Waals surface area (Å²) in [5, 5.41) is 3.33. The van der Waals surface area contributed by atoms with Crippen molar-refractivity contribution >= 4 is 33.1 Å². The molecule has 0 radical (unpaired) electrons. The molecule has 3 heterocycles. The molecule has 0 saturated heterocycles. The monoisotopic (exact) mass is 600 g/mol. The number of hydrogen-bond donors (Lipinski definition) is 1. The number of ether oxygens (including phenoxy) is 2. The van der Waals surface area contributed by atoms with E-state index in [9.17, 15) is 9.59 Å². The van der Waals surface area contributed by atoms with Gasteiger partial charge in [-0.3, -0.25) is 14.6 Å². The summed E-state index contributed by atoms with van der Waals surface area (Å²) in [4.78, 5) is 34.9. The molecule has 8 nitrogen and oxygen atoms in total. The minimum atomic E-state index is -0.590.